The van der Waals surface area contributed by atoms with Crippen molar-refractivity contribution in [2.24, 2.45) is 5.73 Å². The Morgan fingerprint density at radius 3 is 2.93 bits per heavy atom. The number of fused-ring (bicyclic) bond motifs is 2. The molecule has 2 N–H and O–H groups in total. The molecule has 3 aromatic rings. The molecule has 5 rings (SSSR count). The van der Waals surface area contributed by atoms with Crippen LogP contribution in [0.25, 0.3) is 10.1 Å². The van der Waals surface area contributed by atoms with Gasteiger partial charge in [-0.05, 0) is 42.5 Å². The van der Waals surface area contributed by atoms with E-state index in [4.69, 9.17) is 15.2 Å². The fraction of sp³-hybridized carbons (Fsp3) is 0.375. The second-order valence-electron chi connectivity index (χ2n) is 8.78. The smallest absolute Gasteiger partial charge is 0.259 e. The van der Waals surface area contributed by atoms with Gasteiger partial charge in [0, 0.05) is 36.3 Å². The Morgan fingerprint density at radius 2 is 2.10 bits per heavy atom. The van der Waals surface area contributed by atoms with Crippen molar-refractivity contribution in [3.63, 3.8) is 0 Å². The highest BCUT2D eigenvalue weighted by molar-refractivity contribution is 7.21. The van der Waals surface area contributed by atoms with Gasteiger partial charge in [-0.1, -0.05) is 30.3 Å². The molecule has 2 aliphatic heterocycles. The van der Waals surface area contributed by atoms with E-state index in [2.05, 4.69) is 43.0 Å². The summed E-state index contributed by atoms with van der Waals surface area (Å²) in [5.41, 5.74) is 9.08. The number of carbonyl (C=O) groups excluding carboxylic acids is 1. The Labute approximate surface area is 180 Å². The number of carbonyl (C=O) groups is 1. The first-order valence-electron chi connectivity index (χ1n) is 10.4. The number of nitrogens with zero attached hydrogens (tertiary/aromatic N) is 1. The van der Waals surface area contributed by atoms with Crippen LogP contribution in [0.4, 0.5) is 0 Å². The van der Waals surface area contributed by atoms with Gasteiger partial charge >= 0.3 is 0 Å². The van der Waals surface area contributed by atoms with E-state index in [1.54, 1.807) is 0 Å². The van der Waals surface area contributed by atoms with Crippen LogP contribution in [-0.2, 0) is 17.7 Å². The van der Waals surface area contributed by atoms with Gasteiger partial charge in [0.15, 0.2) is 0 Å². The molecule has 1 fully saturated rings. The molecule has 6 heteroatoms. The van der Waals surface area contributed by atoms with Crippen molar-refractivity contribution in [1.29, 1.82) is 0 Å². The molecule has 1 saturated heterocycles. The van der Waals surface area contributed by atoms with Crippen molar-refractivity contribution in [1.82, 2.24) is 4.90 Å². The average molecular weight is 423 g/mol. The quantitative estimate of drug-likeness (QED) is 0.681. The lowest BCUT2D eigenvalue weighted by Gasteiger charge is -2.33. The lowest BCUT2D eigenvalue weighted by atomic mass is 9.99. The van der Waals surface area contributed by atoms with Crippen molar-refractivity contribution < 1.29 is 14.3 Å². The van der Waals surface area contributed by atoms with Gasteiger partial charge in [-0.25, -0.2) is 0 Å². The molecule has 0 saturated carbocycles. The summed E-state index contributed by atoms with van der Waals surface area (Å²) in [5.74, 6) is 0.618. The zero-order chi connectivity index (χ0) is 20.9. The van der Waals surface area contributed by atoms with Gasteiger partial charge in [-0.15, -0.1) is 11.3 Å². The first kappa shape index (κ1) is 19.5. The molecule has 3 heterocycles. The van der Waals surface area contributed by atoms with Crippen LogP contribution in [0.15, 0.2) is 42.5 Å². The summed E-state index contributed by atoms with van der Waals surface area (Å²) >= 11 is 1.46. The zero-order valence-electron chi connectivity index (χ0n) is 17.3. The maximum absolute atomic E-state index is 12.1. The third kappa shape index (κ3) is 3.60. The standard InChI is InChI=1S/C24H26N2O3S/c1-24(2)12-16-11-15(7-8-18(16)29-24)13-26-9-10-28-19(14-26)21-17-5-3-4-6-20(17)30-22(21)23(25)27/h3-8,11,19H,9-10,12-14H2,1-2H3,(H2,25,27)/t19-/m1/s1. The lowest BCUT2D eigenvalue weighted by molar-refractivity contribution is -0.0323. The Balaban J connectivity index is 1.38. The summed E-state index contributed by atoms with van der Waals surface area (Å²) in [6.07, 6.45) is 0.777. The molecule has 1 atom stereocenters. The topological polar surface area (TPSA) is 64.8 Å². The summed E-state index contributed by atoms with van der Waals surface area (Å²) in [4.78, 5) is 15.1. The Morgan fingerprint density at radius 1 is 1.27 bits per heavy atom. The third-order valence-corrected chi connectivity index (χ3v) is 7.06. The molecular formula is C24H26N2O3S. The number of nitrogens with two attached hydrogens (primary N) is 1. The van der Waals surface area contributed by atoms with Crippen molar-refractivity contribution in [3.05, 3.63) is 64.0 Å². The number of primary amides is 1. The van der Waals surface area contributed by atoms with E-state index in [-0.39, 0.29) is 17.6 Å². The van der Waals surface area contributed by atoms with Gasteiger partial charge in [0.25, 0.3) is 5.91 Å². The number of thiophene rings is 1. The molecule has 30 heavy (non-hydrogen) atoms. The molecule has 156 valence electrons. The Hall–Kier alpha value is -2.41. The molecule has 2 aliphatic rings. The minimum absolute atomic E-state index is 0.129. The van der Waals surface area contributed by atoms with Crippen molar-refractivity contribution in [2.45, 2.75) is 38.5 Å². The highest BCUT2D eigenvalue weighted by atomic mass is 32.1. The predicted molar refractivity (Wildman–Crippen MR) is 119 cm³/mol. The molecule has 0 bridgehead atoms. The zero-order valence-corrected chi connectivity index (χ0v) is 18.1. The van der Waals surface area contributed by atoms with E-state index >= 15 is 0 Å². The van der Waals surface area contributed by atoms with Crippen molar-refractivity contribution >= 4 is 27.3 Å². The maximum Gasteiger partial charge on any atom is 0.259 e. The van der Waals surface area contributed by atoms with E-state index in [0.717, 1.165) is 47.5 Å². The number of ether oxygens (including phenoxy) is 2. The van der Waals surface area contributed by atoms with Crippen LogP contribution in [0.5, 0.6) is 5.75 Å². The predicted octanol–water partition coefficient (Wildman–Crippen LogP) is 4.29. The van der Waals surface area contributed by atoms with Crippen LogP contribution in [0.2, 0.25) is 0 Å². The second-order valence-corrected chi connectivity index (χ2v) is 9.83. The van der Waals surface area contributed by atoms with Gasteiger partial charge in [-0.3, -0.25) is 9.69 Å². The summed E-state index contributed by atoms with van der Waals surface area (Å²) in [6.45, 7) is 7.33. The van der Waals surface area contributed by atoms with Crippen molar-refractivity contribution in [3.8, 4) is 5.75 Å². The monoisotopic (exact) mass is 422 g/mol. The SMILES string of the molecule is CC1(C)Cc2cc(CN3CCO[C@@H](c4c(C(N)=O)sc5ccccc45)C3)ccc2O1. The number of amides is 1. The lowest BCUT2D eigenvalue weighted by Crippen LogP contribution is -2.38. The molecule has 0 spiro atoms. The molecular weight excluding hydrogens is 396 g/mol. The van der Waals surface area contributed by atoms with E-state index < -0.39 is 0 Å². The third-order valence-electron chi connectivity index (χ3n) is 5.86. The van der Waals surface area contributed by atoms with Gasteiger partial charge in [0.2, 0.25) is 0 Å². The number of benzene rings is 2. The molecule has 0 unspecified atom stereocenters. The van der Waals surface area contributed by atoms with Crippen LogP contribution >= 0.6 is 11.3 Å². The fourth-order valence-corrected chi connectivity index (χ4v) is 5.71. The summed E-state index contributed by atoms with van der Waals surface area (Å²) in [6, 6.07) is 14.6. The largest absolute Gasteiger partial charge is 0.487 e. The first-order valence-corrected chi connectivity index (χ1v) is 11.2. The van der Waals surface area contributed by atoms with Crippen LogP contribution in [0, 0.1) is 0 Å². The molecule has 0 radical (unpaired) electrons. The van der Waals surface area contributed by atoms with E-state index in [1.807, 2.05) is 18.2 Å². The minimum atomic E-state index is -0.381. The van der Waals surface area contributed by atoms with Gasteiger partial charge in [-0.2, -0.15) is 0 Å². The van der Waals surface area contributed by atoms with Crippen LogP contribution < -0.4 is 10.5 Å². The maximum atomic E-state index is 12.1. The summed E-state index contributed by atoms with van der Waals surface area (Å²) in [7, 11) is 0. The van der Waals surface area contributed by atoms with Crippen LogP contribution in [-0.4, -0.2) is 36.1 Å². The first-order chi connectivity index (χ1) is 14.4. The number of hydrogen-bond acceptors (Lipinski definition) is 5. The van der Waals surface area contributed by atoms with E-state index in [1.165, 1.54) is 22.5 Å². The van der Waals surface area contributed by atoms with Crippen LogP contribution in [0.1, 0.15) is 46.3 Å². The normalized spacial score (nSPS) is 20.8. The molecule has 5 nitrogen and oxygen atoms in total. The summed E-state index contributed by atoms with van der Waals surface area (Å²) < 4.78 is 13.2. The van der Waals surface area contributed by atoms with Crippen LogP contribution in [0.3, 0.4) is 0 Å². The average Bonchev–Trinajstić information content (AvgIpc) is 3.24. The fourth-order valence-electron chi connectivity index (χ4n) is 4.61. The second kappa shape index (κ2) is 7.38. The summed E-state index contributed by atoms with van der Waals surface area (Å²) in [5, 5.41) is 1.07. The molecule has 1 aromatic heterocycles. The van der Waals surface area contributed by atoms with Gasteiger partial charge in [0.05, 0.1) is 17.6 Å². The van der Waals surface area contributed by atoms with E-state index in [9.17, 15) is 4.79 Å². The minimum Gasteiger partial charge on any atom is -0.487 e. The molecule has 0 aliphatic carbocycles. The van der Waals surface area contributed by atoms with Gasteiger partial charge in [0.1, 0.15) is 11.4 Å². The van der Waals surface area contributed by atoms with Gasteiger partial charge < -0.3 is 15.2 Å². The molecule has 1 amide bonds. The number of rotatable bonds is 4. The number of morpholine rings is 1. The Bertz CT molecular complexity index is 1120. The number of hydrogen-bond donors (Lipinski definition) is 1. The Kier molecular flexibility index (Phi) is 4.81. The highest BCUT2D eigenvalue weighted by Crippen LogP contribution is 2.39. The molecule has 2 aromatic carbocycles. The van der Waals surface area contributed by atoms with E-state index in [0.29, 0.717) is 11.5 Å². The van der Waals surface area contributed by atoms with Crippen molar-refractivity contribution in [2.75, 3.05) is 19.7 Å². The highest BCUT2D eigenvalue weighted by Gasteiger charge is 2.31.